The summed E-state index contributed by atoms with van der Waals surface area (Å²) < 4.78 is 1.44. The first-order valence-corrected chi connectivity index (χ1v) is 5.84. The molecule has 16 heavy (non-hydrogen) atoms. The molecule has 0 unspecified atom stereocenters. The van der Waals surface area contributed by atoms with Crippen LogP contribution in [0.4, 0.5) is 0 Å². The van der Waals surface area contributed by atoms with Crippen LogP contribution in [0.25, 0.3) is 5.95 Å². The smallest absolute Gasteiger partial charge is 0.223 e. The maximum Gasteiger partial charge on any atom is 0.257 e. The molecule has 0 aliphatic rings. The first-order chi connectivity index (χ1) is 7.65. The van der Waals surface area contributed by atoms with E-state index in [1.807, 2.05) is 0 Å². The summed E-state index contributed by atoms with van der Waals surface area (Å²) in [7, 11) is 0. The van der Waals surface area contributed by atoms with E-state index in [4.69, 9.17) is 11.6 Å². The molecule has 0 fully saturated rings. The molecule has 0 aliphatic heterocycles. The van der Waals surface area contributed by atoms with Crippen LogP contribution in [0.2, 0.25) is 5.28 Å². The average molecular weight is 257 g/mol. The number of hydrogen-bond acceptors (Lipinski definition) is 6. The highest BCUT2D eigenvalue weighted by Gasteiger charge is 2.09. The first-order valence-electron chi connectivity index (χ1n) is 4.58. The van der Waals surface area contributed by atoms with Crippen molar-refractivity contribution in [3.05, 3.63) is 17.9 Å². The highest BCUT2D eigenvalue weighted by Crippen LogP contribution is 2.20. The van der Waals surface area contributed by atoms with E-state index in [1.165, 1.54) is 29.1 Å². The van der Waals surface area contributed by atoms with Gasteiger partial charge in [-0.3, -0.25) is 0 Å². The van der Waals surface area contributed by atoms with E-state index in [1.54, 1.807) is 0 Å². The zero-order valence-electron chi connectivity index (χ0n) is 8.70. The minimum Gasteiger partial charge on any atom is -0.223 e. The summed E-state index contributed by atoms with van der Waals surface area (Å²) in [5.74, 6) is 0.376. The van der Waals surface area contributed by atoms with E-state index in [0.717, 1.165) is 0 Å². The number of nitrogens with zero attached hydrogens (tertiary/aromatic N) is 6. The van der Waals surface area contributed by atoms with Gasteiger partial charge in [-0.1, -0.05) is 25.6 Å². The molecule has 0 atom stereocenters. The lowest BCUT2D eigenvalue weighted by Crippen LogP contribution is -2.05. The topological polar surface area (TPSA) is 69.4 Å². The number of thioether (sulfide) groups is 1. The molecule has 84 valence electrons. The Hall–Kier alpha value is -1.21. The van der Waals surface area contributed by atoms with Gasteiger partial charge in [-0.15, -0.1) is 0 Å². The second kappa shape index (κ2) is 4.75. The van der Waals surface area contributed by atoms with Crippen molar-refractivity contribution in [2.24, 2.45) is 0 Å². The molecule has 2 heterocycles. The Morgan fingerprint density at radius 2 is 2.12 bits per heavy atom. The lowest BCUT2D eigenvalue weighted by atomic mass is 10.6. The van der Waals surface area contributed by atoms with Crippen LogP contribution in [0.1, 0.15) is 13.8 Å². The summed E-state index contributed by atoms with van der Waals surface area (Å²) in [5, 5.41) is 5.05. The highest BCUT2D eigenvalue weighted by molar-refractivity contribution is 7.99. The molecule has 0 saturated carbocycles. The van der Waals surface area contributed by atoms with Crippen molar-refractivity contribution in [1.82, 2.24) is 29.7 Å². The Bertz CT molecular complexity index is 471. The van der Waals surface area contributed by atoms with Gasteiger partial charge in [0.1, 0.15) is 12.7 Å². The van der Waals surface area contributed by atoms with Crippen LogP contribution in [0.3, 0.4) is 0 Å². The minimum atomic E-state index is 0.156. The van der Waals surface area contributed by atoms with Gasteiger partial charge in [0.05, 0.1) is 0 Å². The number of aromatic nitrogens is 6. The number of hydrogen-bond donors (Lipinski definition) is 0. The van der Waals surface area contributed by atoms with Crippen LogP contribution >= 0.6 is 23.4 Å². The molecule has 0 spiro atoms. The van der Waals surface area contributed by atoms with Crippen LogP contribution in [-0.4, -0.2) is 35.0 Å². The highest BCUT2D eigenvalue weighted by atomic mass is 35.5. The molecule has 0 aliphatic carbocycles. The Labute approximate surface area is 101 Å². The molecule has 0 radical (unpaired) electrons. The molecule has 0 aromatic carbocycles. The molecule has 8 heteroatoms. The van der Waals surface area contributed by atoms with E-state index < -0.39 is 0 Å². The zero-order chi connectivity index (χ0) is 11.5. The second-order valence-corrected chi connectivity index (χ2v) is 5.08. The zero-order valence-corrected chi connectivity index (χ0v) is 10.3. The van der Waals surface area contributed by atoms with Gasteiger partial charge < -0.3 is 0 Å². The second-order valence-electron chi connectivity index (χ2n) is 3.19. The largest absolute Gasteiger partial charge is 0.257 e. The van der Waals surface area contributed by atoms with Crippen molar-refractivity contribution >= 4 is 23.4 Å². The summed E-state index contributed by atoms with van der Waals surface area (Å²) in [6, 6.07) is 0. The van der Waals surface area contributed by atoms with Crippen LogP contribution in [-0.2, 0) is 0 Å². The fourth-order valence-electron chi connectivity index (χ4n) is 0.999. The molecular weight excluding hydrogens is 248 g/mol. The maximum absolute atomic E-state index is 5.81. The molecule has 0 bridgehead atoms. The van der Waals surface area contributed by atoms with E-state index in [-0.39, 0.29) is 5.28 Å². The minimum absolute atomic E-state index is 0.156. The summed E-state index contributed by atoms with van der Waals surface area (Å²) >= 11 is 7.33. The number of halogens is 1. The summed E-state index contributed by atoms with van der Waals surface area (Å²) in [4.78, 5) is 16.1. The van der Waals surface area contributed by atoms with Gasteiger partial charge in [-0.25, -0.2) is 4.98 Å². The predicted octanol–water partition coefficient (Wildman–Crippen LogP) is 1.61. The Morgan fingerprint density at radius 3 is 2.75 bits per heavy atom. The molecule has 0 saturated heterocycles. The Morgan fingerprint density at radius 1 is 1.31 bits per heavy atom. The molecule has 6 nitrogen and oxygen atoms in total. The van der Waals surface area contributed by atoms with Crippen molar-refractivity contribution in [2.75, 3.05) is 0 Å². The quantitative estimate of drug-likeness (QED) is 0.777. The standard InChI is InChI=1S/C8H9ClN6S/c1-5(2)16-8-13-6(9)12-7(14-8)15-4-10-3-11-15/h3-5H,1-2H3. The van der Waals surface area contributed by atoms with Gasteiger partial charge >= 0.3 is 0 Å². The SMILES string of the molecule is CC(C)Sc1nc(Cl)nc(-n2cncn2)n1. The van der Waals surface area contributed by atoms with E-state index >= 15 is 0 Å². The van der Waals surface area contributed by atoms with Crippen molar-refractivity contribution in [3.63, 3.8) is 0 Å². The maximum atomic E-state index is 5.81. The monoisotopic (exact) mass is 256 g/mol. The molecule has 2 aromatic rings. The van der Waals surface area contributed by atoms with Crippen molar-refractivity contribution in [3.8, 4) is 5.95 Å². The van der Waals surface area contributed by atoms with Gasteiger partial charge in [-0.05, 0) is 11.6 Å². The van der Waals surface area contributed by atoms with E-state index in [2.05, 4.69) is 38.9 Å². The lowest BCUT2D eigenvalue weighted by Gasteiger charge is -2.04. The number of rotatable bonds is 3. The van der Waals surface area contributed by atoms with Gasteiger partial charge in [0, 0.05) is 5.25 Å². The molecule has 2 rings (SSSR count). The third-order valence-electron chi connectivity index (χ3n) is 1.54. The van der Waals surface area contributed by atoms with E-state index in [0.29, 0.717) is 16.4 Å². The summed E-state index contributed by atoms with van der Waals surface area (Å²) in [6.07, 6.45) is 2.92. The third-order valence-corrected chi connectivity index (χ3v) is 2.57. The lowest BCUT2D eigenvalue weighted by molar-refractivity contribution is 0.756. The fourth-order valence-corrected chi connectivity index (χ4v) is 1.90. The van der Waals surface area contributed by atoms with Gasteiger partial charge in [0.25, 0.3) is 5.95 Å². The van der Waals surface area contributed by atoms with Crippen LogP contribution in [0.5, 0.6) is 0 Å². The average Bonchev–Trinajstić information content (AvgIpc) is 2.67. The third kappa shape index (κ3) is 2.67. The predicted molar refractivity (Wildman–Crippen MR) is 60.7 cm³/mol. The van der Waals surface area contributed by atoms with E-state index in [9.17, 15) is 0 Å². The van der Waals surface area contributed by atoms with Gasteiger partial charge in [0.2, 0.25) is 5.28 Å². The van der Waals surface area contributed by atoms with Crippen LogP contribution in [0, 0.1) is 0 Å². The van der Waals surface area contributed by atoms with Crippen molar-refractivity contribution in [1.29, 1.82) is 0 Å². The molecule has 2 aromatic heterocycles. The summed E-state index contributed by atoms with van der Waals surface area (Å²) in [6.45, 7) is 4.11. The van der Waals surface area contributed by atoms with Crippen molar-refractivity contribution < 1.29 is 0 Å². The Kier molecular flexibility index (Phi) is 3.35. The normalized spacial score (nSPS) is 11.0. The Balaban J connectivity index is 2.36. The van der Waals surface area contributed by atoms with Gasteiger partial charge in [0.15, 0.2) is 5.16 Å². The van der Waals surface area contributed by atoms with Crippen LogP contribution in [0.15, 0.2) is 17.8 Å². The fraction of sp³-hybridized carbons (Fsp3) is 0.375. The first kappa shape index (κ1) is 11.3. The molecule has 0 N–H and O–H groups in total. The summed E-state index contributed by atoms with van der Waals surface area (Å²) in [5.41, 5.74) is 0. The molecule has 0 amide bonds. The van der Waals surface area contributed by atoms with Crippen molar-refractivity contribution in [2.45, 2.75) is 24.3 Å². The molecular formula is C8H9ClN6S. The van der Waals surface area contributed by atoms with Crippen LogP contribution < -0.4 is 0 Å². The van der Waals surface area contributed by atoms with Gasteiger partial charge in [-0.2, -0.15) is 24.7 Å².